The van der Waals surface area contributed by atoms with Crippen LogP contribution in [0.1, 0.15) is 29.8 Å². The first-order valence-corrected chi connectivity index (χ1v) is 8.09. The first-order chi connectivity index (χ1) is 12.8. The molecule has 0 heterocycles. The van der Waals surface area contributed by atoms with Crippen LogP contribution in [0.3, 0.4) is 0 Å². The third-order valence-electron chi connectivity index (χ3n) is 3.93. The van der Waals surface area contributed by atoms with Crippen molar-refractivity contribution in [1.82, 2.24) is 0 Å². The molecule has 7 heteroatoms. The zero-order valence-electron chi connectivity index (χ0n) is 15.2. The number of nitrogens with one attached hydrogen (secondary N) is 2. The van der Waals surface area contributed by atoms with E-state index in [1.165, 1.54) is 33.1 Å². The van der Waals surface area contributed by atoms with Gasteiger partial charge in [-0.3, -0.25) is 9.59 Å². The van der Waals surface area contributed by atoms with E-state index in [2.05, 4.69) is 15.4 Å². The summed E-state index contributed by atoms with van der Waals surface area (Å²) >= 11 is 0. The molecule has 0 unspecified atom stereocenters. The van der Waals surface area contributed by atoms with E-state index in [0.29, 0.717) is 16.9 Å². The average molecular weight is 365 g/mol. The molecule has 138 valence electrons. The molecule has 27 heavy (non-hydrogen) atoms. The number of nitriles is 1. The standard InChI is InChI=1S/C20H19N3O4/c1-20(2,18(25)22-15-8-4-6-13(10-15)12-21)19(26)23-16-9-5-7-14(11-16)17(24)27-3/h4-11H,1-3H3,(H,22,25)(H,23,26). The molecule has 2 aromatic carbocycles. The Labute approximate surface area is 156 Å². The number of nitrogens with zero attached hydrogens (tertiary/aromatic N) is 1. The Bertz CT molecular complexity index is 929. The van der Waals surface area contributed by atoms with Gasteiger partial charge < -0.3 is 15.4 Å². The van der Waals surface area contributed by atoms with Crippen LogP contribution >= 0.6 is 0 Å². The zero-order chi connectivity index (χ0) is 20.0. The van der Waals surface area contributed by atoms with E-state index in [1.807, 2.05) is 6.07 Å². The minimum atomic E-state index is -1.40. The summed E-state index contributed by atoms with van der Waals surface area (Å²) < 4.78 is 4.65. The summed E-state index contributed by atoms with van der Waals surface area (Å²) in [4.78, 5) is 36.7. The van der Waals surface area contributed by atoms with Crippen molar-refractivity contribution < 1.29 is 19.1 Å². The van der Waals surface area contributed by atoms with Crippen LogP contribution in [0, 0.1) is 16.7 Å². The molecule has 0 aliphatic rings. The third-order valence-corrected chi connectivity index (χ3v) is 3.93. The number of carbonyl (C=O) groups excluding carboxylic acids is 3. The quantitative estimate of drug-likeness (QED) is 0.625. The third kappa shape index (κ3) is 4.70. The number of rotatable bonds is 5. The van der Waals surface area contributed by atoms with E-state index in [-0.39, 0.29) is 5.56 Å². The molecule has 0 aliphatic carbocycles. The van der Waals surface area contributed by atoms with Gasteiger partial charge in [0.2, 0.25) is 11.8 Å². The van der Waals surface area contributed by atoms with Gasteiger partial charge in [-0.15, -0.1) is 0 Å². The van der Waals surface area contributed by atoms with Crippen molar-refractivity contribution in [2.24, 2.45) is 5.41 Å². The topological polar surface area (TPSA) is 108 Å². The number of carbonyl (C=O) groups is 3. The summed E-state index contributed by atoms with van der Waals surface area (Å²) in [5.74, 6) is -1.60. The SMILES string of the molecule is COC(=O)c1cccc(NC(=O)C(C)(C)C(=O)Nc2cccc(C#N)c2)c1. The average Bonchev–Trinajstić information content (AvgIpc) is 2.67. The number of benzene rings is 2. The van der Waals surface area contributed by atoms with E-state index >= 15 is 0 Å². The van der Waals surface area contributed by atoms with E-state index < -0.39 is 23.2 Å². The van der Waals surface area contributed by atoms with Gasteiger partial charge in [-0.1, -0.05) is 12.1 Å². The van der Waals surface area contributed by atoms with Gasteiger partial charge in [0.25, 0.3) is 0 Å². The smallest absolute Gasteiger partial charge is 0.337 e. The summed E-state index contributed by atoms with van der Waals surface area (Å²) in [5.41, 5.74) is 0.0765. The second-order valence-corrected chi connectivity index (χ2v) is 6.30. The lowest BCUT2D eigenvalue weighted by Gasteiger charge is -2.23. The fourth-order valence-corrected chi connectivity index (χ4v) is 2.19. The highest BCUT2D eigenvalue weighted by Gasteiger charge is 2.36. The number of anilines is 2. The molecule has 0 aliphatic heterocycles. The maximum atomic E-state index is 12.6. The molecule has 0 saturated carbocycles. The molecule has 0 bridgehead atoms. The lowest BCUT2D eigenvalue weighted by atomic mass is 9.90. The molecule has 2 N–H and O–H groups in total. The van der Waals surface area contributed by atoms with Crippen molar-refractivity contribution in [2.45, 2.75) is 13.8 Å². The molecule has 2 aromatic rings. The van der Waals surface area contributed by atoms with Crippen molar-refractivity contribution in [1.29, 1.82) is 5.26 Å². The molecule has 0 fully saturated rings. The minimum Gasteiger partial charge on any atom is -0.465 e. The normalized spacial score (nSPS) is 10.4. The van der Waals surface area contributed by atoms with Gasteiger partial charge in [0.15, 0.2) is 0 Å². The molecule has 0 aromatic heterocycles. The summed E-state index contributed by atoms with van der Waals surface area (Å²) in [7, 11) is 1.27. The summed E-state index contributed by atoms with van der Waals surface area (Å²) in [5, 5.41) is 14.2. The second-order valence-electron chi connectivity index (χ2n) is 6.30. The number of hydrogen-bond donors (Lipinski definition) is 2. The molecule has 0 radical (unpaired) electrons. The molecule has 0 spiro atoms. The van der Waals surface area contributed by atoms with Crippen molar-refractivity contribution >= 4 is 29.2 Å². The molecule has 2 amide bonds. The van der Waals surface area contributed by atoms with Gasteiger partial charge in [-0.2, -0.15) is 5.26 Å². The second kappa shape index (κ2) is 8.15. The first-order valence-electron chi connectivity index (χ1n) is 8.09. The summed E-state index contributed by atoms with van der Waals surface area (Å²) in [6.07, 6.45) is 0. The fraction of sp³-hybridized carbons (Fsp3) is 0.200. The molecular weight excluding hydrogens is 346 g/mol. The molecule has 2 rings (SSSR count). The molecule has 0 saturated heterocycles. The van der Waals surface area contributed by atoms with Crippen molar-refractivity contribution in [3.05, 3.63) is 59.7 Å². The predicted molar refractivity (Wildman–Crippen MR) is 100.0 cm³/mol. The predicted octanol–water partition coefficient (Wildman–Crippen LogP) is 2.95. The summed E-state index contributed by atoms with van der Waals surface area (Å²) in [6.45, 7) is 2.96. The van der Waals surface area contributed by atoms with Crippen molar-refractivity contribution in [3.63, 3.8) is 0 Å². The highest BCUT2D eigenvalue weighted by molar-refractivity contribution is 6.14. The van der Waals surface area contributed by atoms with Crippen LogP contribution < -0.4 is 10.6 Å². The van der Waals surface area contributed by atoms with Gasteiger partial charge in [0.1, 0.15) is 5.41 Å². The van der Waals surface area contributed by atoms with Crippen LogP contribution in [-0.4, -0.2) is 24.9 Å². The fourth-order valence-electron chi connectivity index (χ4n) is 2.19. The van der Waals surface area contributed by atoms with E-state index in [1.54, 1.807) is 36.4 Å². The first kappa shape index (κ1) is 19.7. The Kier molecular flexibility index (Phi) is 5.93. The maximum Gasteiger partial charge on any atom is 0.337 e. The Morgan fingerprint density at radius 1 is 0.963 bits per heavy atom. The molecule has 7 nitrogen and oxygen atoms in total. The minimum absolute atomic E-state index is 0.283. The van der Waals surface area contributed by atoms with Crippen LogP contribution in [-0.2, 0) is 14.3 Å². The van der Waals surface area contributed by atoms with E-state index in [0.717, 1.165) is 0 Å². The van der Waals surface area contributed by atoms with Crippen molar-refractivity contribution in [2.75, 3.05) is 17.7 Å². The van der Waals surface area contributed by atoms with Gasteiger partial charge in [-0.05, 0) is 50.2 Å². The van der Waals surface area contributed by atoms with Crippen LogP contribution in [0.5, 0.6) is 0 Å². The lowest BCUT2D eigenvalue weighted by molar-refractivity contribution is -0.135. The molecular formula is C20H19N3O4. The monoisotopic (exact) mass is 365 g/mol. The maximum absolute atomic E-state index is 12.6. The highest BCUT2D eigenvalue weighted by atomic mass is 16.5. The Balaban J connectivity index is 2.13. The van der Waals surface area contributed by atoms with Crippen LogP contribution in [0.25, 0.3) is 0 Å². The number of esters is 1. The van der Waals surface area contributed by atoms with Crippen molar-refractivity contribution in [3.8, 4) is 6.07 Å². The number of hydrogen-bond acceptors (Lipinski definition) is 5. The van der Waals surface area contributed by atoms with Gasteiger partial charge in [0, 0.05) is 11.4 Å². The van der Waals surface area contributed by atoms with Gasteiger partial charge in [0.05, 0.1) is 24.3 Å². The molecule has 0 atom stereocenters. The van der Waals surface area contributed by atoms with Crippen LogP contribution in [0.2, 0.25) is 0 Å². The lowest BCUT2D eigenvalue weighted by Crippen LogP contribution is -2.41. The number of ether oxygens (including phenoxy) is 1. The van der Waals surface area contributed by atoms with Crippen LogP contribution in [0.15, 0.2) is 48.5 Å². The van der Waals surface area contributed by atoms with E-state index in [4.69, 9.17) is 5.26 Å². The highest BCUT2D eigenvalue weighted by Crippen LogP contribution is 2.22. The zero-order valence-corrected chi connectivity index (χ0v) is 15.2. The van der Waals surface area contributed by atoms with Gasteiger partial charge >= 0.3 is 5.97 Å². The Morgan fingerprint density at radius 2 is 1.52 bits per heavy atom. The Morgan fingerprint density at radius 3 is 2.07 bits per heavy atom. The number of methoxy groups -OCH3 is 1. The summed E-state index contributed by atoms with van der Waals surface area (Å²) in [6, 6.07) is 14.6. The van der Waals surface area contributed by atoms with Gasteiger partial charge in [-0.25, -0.2) is 4.79 Å². The number of amides is 2. The largest absolute Gasteiger partial charge is 0.465 e. The van der Waals surface area contributed by atoms with Crippen LogP contribution in [0.4, 0.5) is 11.4 Å². The van der Waals surface area contributed by atoms with E-state index in [9.17, 15) is 14.4 Å². The Hall–Kier alpha value is -3.66.